The zero-order chi connectivity index (χ0) is 21.4. The fraction of sp³-hybridized carbons (Fsp3) is 0.556. The molecule has 1 aromatic carbocycles. The number of benzene rings is 1. The van der Waals surface area contributed by atoms with Crippen LogP contribution >= 0.6 is 0 Å². The highest BCUT2D eigenvalue weighted by molar-refractivity contribution is 5.55. The average Bonchev–Trinajstić information content (AvgIpc) is 2.79. The lowest BCUT2D eigenvalue weighted by Gasteiger charge is -2.08. The highest BCUT2D eigenvalue weighted by Gasteiger charge is 2.04. The van der Waals surface area contributed by atoms with E-state index >= 15 is 0 Å². The summed E-state index contributed by atoms with van der Waals surface area (Å²) in [5.74, 6) is 2.56. The summed E-state index contributed by atoms with van der Waals surface area (Å²) >= 11 is 0. The Labute approximate surface area is 184 Å². The molecule has 0 amide bonds. The highest BCUT2D eigenvalue weighted by atomic mass is 16.5. The van der Waals surface area contributed by atoms with E-state index < -0.39 is 0 Å². The average molecular weight is 409 g/mol. The maximum atomic E-state index is 5.85. The molecule has 0 spiro atoms. The number of hydrogen-bond acceptors (Lipinski definition) is 3. The van der Waals surface area contributed by atoms with Gasteiger partial charge >= 0.3 is 0 Å². The number of unbranched alkanes of at least 4 members (excludes halogenated alkanes) is 6. The van der Waals surface area contributed by atoms with Gasteiger partial charge in [-0.15, -0.1) is 6.58 Å². The van der Waals surface area contributed by atoms with Gasteiger partial charge in [-0.25, -0.2) is 9.97 Å². The van der Waals surface area contributed by atoms with Crippen molar-refractivity contribution in [3.05, 3.63) is 54.9 Å². The molecule has 30 heavy (non-hydrogen) atoms. The second-order valence-corrected chi connectivity index (χ2v) is 8.39. The normalized spacial score (nSPS) is 11.9. The summed E-state index contributed by atoms with van der Waals surface area (Å²) in [6.07, 6.45) is 19.4. The first-order chi connectivity index (χ1) is 14.7. The van der Waals surface area contributed by atoms with Gasteiger partial charge in [-0.2, -0.15) is 0 Å². The summed E-state index contributed by atoms with van der Waals surface area (Å²) in [5, 5.41) is 0. The number of aryl methyl sites for hydroxylation is 1. The molecule has 0 aliphatic carbocycles. The molecule has 1 aromatic heterocycles. The lowest BCUT2D eigenvalue weighted by molar-refractivity contribution is 0.305. The van der Waals surface area contributed by atoms with E-state index in [1.165, 1.54) is 56.9 Å². The van der Waals surface area contributed by atoms with Gasteiger partial charge in [0.1, 0.15) is 5.75 Å². The zero-order valence-corrected chi connectivity index (χ0v) is 19.1. The third-order valence-electron chi connectivity index (χ3n) is 5.75. The topological polar surface area (TPSA) is 35.0 Å². The first kappa shape index (κ1) is 24.1. The van der Waals surface area contributed by atoms with Crippen LogP contribution in [0.4, 0.5) is 0 Å². The minimum atomic E-state index is 0.774. The van der Waals surface area contributed by atoms with Gasteiger partial charge in [0.05, 0.1) is 6.61 Å². The molecule has 0 aliphatic heterocycles. The van der Waals surface area contributed by atoms with Crippen LogP contribution in [0, 0.1) is 5.92 Å². The lowest BCUT2D eigenvalue weighted by atomic mass is 10.00. The molecule has 164 valence electrons. The van der Waals surface area contributed by atoms with Crippen LogP contribution < -0.4 is 4.74 Å². The first-order valence-electron chi connectivity index (χ1n) is 11.9. The number of ether oxygens (including phenoxy) is 1. The molecule has 2 aromatic rings. The van der Waals surface area contributed by atoms with Gasteiger partial charge < -0.3 is 4.74 Å². The Bertz CT molecular complexity index is 694. The van der Waals surface area contributed by atoms with Crippen LogP contribution in [-0.4, -0.2) is 16.6 Å². The number of hydrogen-bond donors (Lipinski definition) is 0. The molecule has 0 saturated heterocycles. The molecule has 0 aliphatic rings. The highest BCUT2D eigenvalue weighted by Crippen LogP contribution is 2.20. The monoisotopic (exact) mass is 408 g/mol. The predicted octanol–water partition coefficient (Wildman–Crippen LogP) is 7.81. The van der Waals surface area contributed by atoms with Crippen molar-refractivity contribution >= 4 is 0 Å². The van der Waals surface area contributed by atoms with Crippen LogP contribution in [0.2, 0.25) is 0 Å². The summed E-state index contributed by atoms with van der Waals surface area (Å²) in [7, 11) is 0. The van der Waals surface area contributed by atoms with E-state index in [9.17, 15) is 0 Å². The van der Waals surface area contributed by atoms with E-state index in [-0.39, 0.29) is 0 Å². The molecule has 0 N–H and O–H groups in total. The molecule has 3 heteroatoms. The van der Waals surface area contributed by atoms with E-state index in [0.717, 1.165) is 48.9 Å². The molecule has 1 unspecified atom stereocenters. The Balaban J connectivity index is 1.68. The number of nitrogens with zero attached hydrogens (tertiary/aromatic N) is 2. The molecule has 3 nitrogen and oxygen atoms in total. The molecule has 1 heterocycles. The maximum absolute atomic E-state index is 5.85. The summed E-state index contributed by atoms with van der Waals surface area (Å²) < 4.78 is 5.85. The van der Waals surface area contributed by atoms with Gasteiger partial charge in [-0.1, -0.05) is 58.4 Å². The van der Waals surface area contributed by atoms with Crippen molar-refractivity contribution in [2.24, 2.45) is 5.92 Å². The van der Waals surface area contributed by atoms with Crippen molar-refractivity contribution in [3.63, 3.8) is 0 Å². The van der Waals surface area contributed by atoms with E-state index in [2.05, 4.69) is 30.4 Å². The van der Waals surface area contributed by atoms with Crippen LogP contribution in [0.1, 0.15) is 83.6 Å². The second-order valence-electron chi connectivity index (χ2n) is 8.39. The van der Waals surface area contributed by atoms with Crippen molar-refractivity contribution in [1.29, 1.82) is 0 Å². The Hall–Kier alpha value is -2.16. The van der Waals surface area contributed by atoms with E-state index in [4.69, 9.17) is 4.74 Å². The first-order valence-corrected chi connectivity index (χ1v) is 11.9. The van der Waals surface area contributed by atoms with Gasteiger partial charge in [0.15, 0.2) is 5.82 Å². The molecular formula is C27H40N2O. The molecule has 0 fully saturated rings. The Kier molecular flexibility index (Phi) is 11.9. The summed E-state index contributed by atoms with van der Waals surface area (Å²) in [6.45, 7) is 9.15. The van der Waals surface area contributed by atoms with Gasteiger partial charge in [0.25, 0.3) is 0 Å². The SMILES string of the molecule is C=CCCCCCCOc1ccc(-c2ncc(CCCCCC(C)CC)cn2)cc1. The van der Waals surface area contributed by atoms with Crippen LogP contribution in [0.25, 0.3) is 11.4 Å². The number of allylic oxidation sites excluding steroid dienone is 1. The van der Waals surface area contributed by atoms with Crippen LogP contribution in [0.5, 0.6) is 5.75 Å². The van der Waals surface area contributed by atoms with Crippen molar-refractivity contribution in [3.8, 4) is 17.1 Å². The largest absolute Gasteiger partial charge is 0.494 e. The standard InChI is InChI=1S/C27H40N2O/c1-4-6-7-8-9-13-20-30-26-18-16-25(17-19-26)27-28-21-24(22-29-27)15-12-10-11-14-23(3)5-2/h4,16-19,21-23H,1,5-15,20H2,2-3H3. The summed E-state index contributed by atoms with van der Waals surface area (Å²) in [5.41, 5.74) is 2.27. The van der Waals surface area contributed by atoms with Crippen LogP contribution in [-0.2, 0) is 6.42 Å². The smallest absolute Gasteiger partial charge is 0.159 e. The molecule has 2 rings (SSSR count). The van der Waals surface area contributed by atoms with Crippen molar-refractivity contribution in [2.75, 3.05) is 6.61 Å². The molecule has 0 radical (unpaired) electrons. The van der Waals surface area contributed by atoms with E-state index in [1.54, 1.807) is 0 Å². The fourth-order valence-corrected chi connectivity index (χ4v) is 3.47. The van der Waals surface area contributed by atoms with Gasteiger partial charge in [0.2, 0.25) is 0 Å². The van der Waals surface area contributed by atoms with Crippen LogP contribution in [0.15, 0.2) is 49.3 Å². The maximum Gasteiger partial charge on any atom is 0.159 e. The molecule has 0 bridgehead atoms. The molecule has 1 atom stereocenters. The minimum absolute atomic E-state index is 0.774. The third kappa shape index (κ3) is 9.56. The van der Waals surface area contributed by atoms with E-state index in [0.29, 0.717) is 0 Å². The third-order valence-corrected chi connectivity index (χ3v) is 5.75. The quantitative estimate of drug-likeness (QED) is 0.210. The predicted molar refractivity (Wildman–Crippen MR) is 128 cm³/mol. The molecule has 0 saturated carbocycles. The van der Waals surface area contributed by atoms with Crippen molar-refractivity contribution < 1.29 is 4.74 Å². The fourth-order valence-electron chi connectivity index (χ4n) is 3.47. The number of aromatic nitrogens is 2. The van der Waals surface area contributed by atoms with Gasteiger partial charge in [-0.05, 0) is 67.9 Å². The Morgan fingerprint density at radius 1 is 0.933 bits per heavy atom. The lowest BCUT2D eigenvalue weighted by Crippen LogP contribution is -1.97. The zero-order valence-electron chi connectivity index (χ0n) is 19.1. The number of rotatable bonds is 16. The second kappa shape index (κ2) is 14.8. The Morgan fingerprint density at radius 2 is 1.63 bits per heavy atom. The van der Waals surface area contributed by atoms with Gasteiger partial charge in [0, 0.05) is 18.0 Å². The van der Waals surface area contributed by atoms with Gasteiger partial charge in [-0.3, -0.25) is 0 Å². The van der Waals surface area contributed by atoms with Crippen LogP contribution in [0.3, 0.4) is 0 Å². The Morgan fingerprint density at radius 3 is 2.33 bits per heavy atom. The minimum Gasteiger partial charge on any atom is -0.494 e. The summed E-state index contributed by atoms with van der Waals surface area (Å²) in [4.78, 5) is 9.14. The summed E-state index contributed by atoms with van der Waals surface area (Å²) in [6, 6.07) is 8.12. The molecular weight excluding hydrogens is 368 g/mol. The van der Waals surface area contributed by atoms with Crippen molar-refractivity contribution in [1.82, 2.24) is 9.97 Å². The van der Waals surface area contributed by atoms with E-state index in [1.807, 2.05) is 42.7 Å². The van der Waals surface area contributed by atoms with Crippen molar-refractivity contribution in [2.45, 2.75) is 84.5 Å².